The molecule has 1 aromatic heterocycles. The highest BCUT2D eigenvalue weighted by Crippen LogP contribution is 2.25. The molecule has 5 heteroatoms. The summed E-state index contributed by atoms with van der Waals surface area (Å²) in [5.41, 5.74) is 4.45. The standard InChI is InChI=1S/C24H24N4O/c1-16(21-15-9-11-19-10-7-8-14-22(19)21)25-24(29)26-23-17(2)27-28(18(23)3)20-12-5-4-6-13-20/h4-16H,1-3H3,(H2,25,26,29). The topological polar surface area (TPSA) is 59.0 Å². The van der Waals surface area contributed by atoms with Crippen LogP contribution in [0, 0.1) is 13.8 Å². The number of para-hydroxylation sites is 1. The fraction of sp³-hybridized carbons (Fsp3) is 0.167. The Bertz CT molecular complexity index is 1160. The highest BCUT2D eigenvalue weighted by Gasteiger charge is 2.17. The lowest BCUT2D eigenvalue weighted by atomic mass is 10.00. The molecule has 0 fully saturated rings. The summed E-state index contributed by atoms with van der Waals surface area (Å²) in [6.45, 7) is 5.85. The second-order valence-electron chi connectivity index (χ2n) is 7.18. The molecule has 29 heavy (non-hydrogen) atoms. The number of benzene rings is 3. The Labute approximate surface area is 170 Å². The van der Waals surface area contributed by atoms with Gasteiger partial charge < -0.3 is 10.6 Å². The predicted octanol–water partition coefficient (Wildman–Crippen LogP) is 5.53. The number of fused-ring (bicyclic) bond motifs is 1. The smallest absolute Gasteiger partial charge is 0.319 e. The van der Waals surface area contributed by atoms with Gasteiger partial charge in [-0.1, -0.05) is 60.7 Å². The van der Waals surface area contributed by atoms with E-state index in [0.29, 0.717) is 0 Å². The van der Waals surface area contributed by atoms with Crippen LogP contribution >= 0.6 is 0 Å². The summed E-state index contributed by atoms with van der Waals surface area (Å²) in [5, 5.41) is 12.9. The van der Waals surface area contributed by atoms with Gasteiger partial charge in [-0.2, -0.15) is 5.10 Å². The molecule has 0 aliphatic rings. The molecule has 146 valence electrons. The van der Waals surface area contributed by atoms with Gasteiger partial charge in [0.2, 0.25) is 0 Å². The quantitative estimate of drug-likeness (QED) is 0.486. The van der Waals surface area contributed by atoms with Gasteiger partial charge in [0.05, 0.1) is 28.8 Å². The van der Waals surface area contributed by atoms with Gasteiger partial charge in [0.15, 0.2) is 0 Å². The molecular weight excluding hydrogens is 360 g/mol. The number of aryl methyl sites for hydroxylation is 1. The van der Waals surface area contributed by atoms with Gasteiger partial charge in [-0.3, -0.25) is 0 Å². The number of carbonyl (C=O) groups excluding carboxylic acids is 1. The molecule has 0 radical (unpaired) electrons. The van der Waals surface area contributed by atoms with Crippen molar-refractivity contribution in [2.75, 3.05) is 5.32 Å². The number of anilines is 1. The van der Waals surface area contributed by atoms with Gasteiger partial charge in [0, 0.05) is 0 Å². The number of hydrogen-bond donors (Lipinski definition) is 2. The molecule has 0 bridgehead atoms. The van der Waals surface area contributed by atoms with Crippen molar-refractivity contribution < 1.29 is 4.79 Å². The zero-order valence-electron chi connectivity index (χ0n) is 16.8. The monoisotopic (exact) mass is 384 g/mol. The van der Waals surface area contributed by atoms with Crippen molar-refractivity contribution in [2.45, 2.75) is 26.8 Å². The maximum atomic E-state index is 12.7. The predicted molar refractivity (Wildman–Crippen MR) is 118 cm³/mol. The summed E-state index contributed by atoms with van der Waals surface area (Å²) >= 11 is 0. The third-order valence-electron chi connectivity index (χ3n) is 5.17. The summed E-state index contributed by atoms with van der Waals surface area (Å²) in [7, 11) is 0. The van der Waals surface area contributed by atoms with Crippen molar-refractivity contribution >= 4 is 22.5 Å². The molecule has 0 spiro atoms. The number of rotatable bonds is 4. The van der Waals surface area contributed by atoms with Gasteiger partial charge in [0.25, 0.3) is 0 Å². The Balaban J connectivity index is 1.54. The SMILES string of the molecule is Cc1nn(-c2ccccc2)c(C)c1NC(=O)NC(C)c1cccc2ccccc12. The van der Waals surface area contributed by atoms with E-state index in [9.17, 15) is 4.79 Å². The van der Waals surface area contributed by atoms with E-state index in [2.05, 4.69) is 40.0 Å². The van der Waals surface area contributed by atoms with E-state index in [0.717, 1.165) is 39.1 Å². The highest BCUT2D eigenvalue weighted by molar-refractivity contribution is 5.92. The van der Waals surface area contributed by atoms with Crippen molar-refractivity contribution in [3.05, 3.63) is 89.7 Å². The molecular formula is C24H24N4O. The first kappa shape index (κ1) is 18.7. The molecule has 1 heterocycles. The minimum absolute atomic E-state index is 0.133. The van der Waals surface area contributed by atoms with Crippen molar-refractivity contribution in [1.29, 1.82) is 0 Å². The Morgan fingerprint density at radius 3 is 2.41 bits per heavy atom. The van der Waals surface area contributed by atoms with E-state index in [1.807, 2.05) is 74.0 Å². The molecule has 0 saturated carbocycles. The van der Waals surface area contributed by atoms with Crippen molar-refractivity contribution in [3.63, 3.8) is 0 Å². The lowest BCUT2D eigenvalue weighted by Crippen LogP contribution is -2.31. The highest BCUT2D eigenvalue weighted by atomic mass is 16.2. The van der Waals surface area contributed by atoms with Crippen LogP contribution in [0.2, 0.25) is 0 Å². The van der Waals surface area contributed by atoms with Crippen LogP contribution in [0.15, 0.2) is 72.8 Å². The van der Waals surface area contributed by atoms with Crippen LogP contribution in [0.1, 0.15) is 29.9 Å². The molecule has 3 aromatic carbocycles. The minimum atomic E-state index is -0.246. The second kappa shape index (κ2) is 7.80. The van der Waals surface area contributed by atoms with Crippen molar-refractivity contribution in [1.82, 2.24) is 15.1 Å². The summed E-state index contributed by atoms with van der Waals surface area (Å²) < 4.78 is 1.85. The summed E-state index contributed by atoms with van der Waals surface area (Å²) in [6, 6.07) is 23.9. The van der Waals surface area contributed by atoms with Crippen LogP contribution in [0.4, 0.5) is 10.5 Å². The van der Waals surface area contributed by atoms with Gasteiger partial charge in [-0.25, -0.2) is 9.48 Å². The van der Waals surface area contributed by atoms with Crippen molar-refractivity contribution in [2.24, 2.45) is 0 Å². The Morgan fingerprint density at radius 1 is 0.931 bits per heavy atom. The van der Waals surface area contributed by atoms with Gasteiger partial charge >= 0.3 is 6.03 Å². The normalized spacial score (nSPS) is 12.0. The number of urea groups is 1. The van der Waals surface area contributed by atoms with Gasteiger partial charge in [-0.15, -0.1) is 0 Å². The average molecular weight is 384 g/mol. The van der Waals surface area contributed by atoms with Crippen LogP contribution in [-0.2, 0) is 0 Å². The first-order chi connectivity index (χ1) is 14.0. The molecule has 0 saturated heterocycles. The fourth-order valence-electron chi connectivity index (χ4n) is 3.70. The second-order valence-corrected chi connectivity index (χ2v) is 7.18. The van der Waals surface area contributed by atoms with E-state index in [1.165, 1.54) is 0 Å². The minimum Gasteiger partial charge on any atom is -0.331 e. The number of carbonyl (C=O) groups is 1. The van der Waals surface area contributed by atoms with E-state index in [-0.39, 0.29) is 12.1 Å². The average Bonchev–Trinajstić information content (AvgIpc) is 3.02. The van der Waals surface area contributed by atoms with E-state index < -0.39 is 0 Å². The van der Waals surface area contributed by atoms with Crippen molar-refractivity contribution in [3.8, 4) is 5.69 Å². The molecule has 1 unspecified atom stereocenters. The number of nitrogens with one attached hydrogen (secondary N) is 2. The van der Waals surface area contributed by atoms with Crippen LogP contribution in [0.3, 0.4) is 0 Å². The van der Waals surface area contributed by atoms with Crippen LogP contribution in [0.25, 0.3) is 16.5 Å². The van der Waals surface area contributed by atoms with E-state index in [4.69, 9.17) is 0 Å². The van der Waals surface area contributed by atoms with E-state index in [1.54, 1.807) is 0 Å². The summed E-state index contributed by atoms with van der Waals surface area (Å²) in [6.07, 6.45) is 0. The first-order valence-electron chi connectivity index (χ1n) is 9.71. The molecule has 4 aromatic rings. The zero-order valence-corrected chi connectivity index (χ0v) is 16.8. The summed E-state index contributed by atoms with van der Waals surface area (Å²) in [4.78, 5) is 12.7. The lowest BCUT2D eigenvalue weighted by Gasteiger charge is -2.17. The maximum absolute atomic E-state index is 12.7. The molecule has 1 atom stereocenters. The maximum Gasteiger partial charge on any atom is 0.319 e. The third-order valence-corrected chi connectivity index (χ3v) is 5.17. The molecule has 2 N–H and O–H groups in total. The third kappa shape index (κ3) is 3.72. The molecule has 0 aliphatic heterocycles. The fourth-order valence-corrected chi connectivity index (χ4v) is 3.70. The number of hydrogen-bond acceptors (Lipinski definition) is 2. The van der Waals surface area contributed by atoms with E-state index >= 15 is 0 Å². The van der Waals surface area contributed by atoms with Gasteiger partial charge in [-0.05, 0) is 49.2 Å². The molecule has 5 nitrogen and oxygen atoms in total. The number of aromatic nitrogens is 2. The number of amides is 2. The molecule has 4 rings (SSSR count). The molecule has 0 aliphatic carbocycles. The Kier molecular flexibility index (Phi) is 5.04. The largest absolute Gasteiger partial charge is 0.331 e. The Morgan fingerprint density at radius 2 is 1.62 bits per heavy atom. The molecule has 2 amide bonds. The lowest BCUT2D eigenvalue weighted by molar-refractivity contribution is 0.249. The van der Waals surface area contributed by atoms with Crippen LogP contribution in [0.5, 0.6) is 0 Å². The number of nitrogens with zero attached hydrogens (tertiary/aromatic N) is 2. The summed E-state index contributed by atoms with van der Waals surface area (Å²) in [5.74, 6) is 0. The Hall–Kier alpha value is -3.60. The van der Waals surface area contributed by atoms with Crippen LogP contribution in [-0.4, -0.2) is 15.8 Å². The first-order valence-corrected chi connectivity index (χ1v) is 9.71. The zero-order chi connectivity index (χ0) is 20.4. The van der Waals surface area contributed by atoms with Gasteiger partial charge in [0.1, 0.15) is 0 Å². The van der Waals surface area contributed by atoms with Crippen LogP contribution < -0.4 is 10.6 Å².